The third kappa shape index (κ3) is 3.21. The van der Waals surface area contributed by atoms with Crippen LogP contribution in [-0.4, -0.2) is 22.8 Å². The van der Waals surface area contributed by atoms with Crippen molar-refractivity contribution in [3.63, 3.8) is 0 Å². The molecule has 0 aromatic rings. The summed E-state index contributed by atoms with van der Waals surface area (Å²) in [5, 5.41) is 18.1. The second kappa shape index (κ2) is 5.85. The highest BCUT2D eigenvalue weighted by atomic mass is 16.4. The zero-order valence-corrected chi connectivity index (χ0v) is 10.5. The summed E-state index contributed by atoms with van der Waals surface area (Å²) < 4.78 is 0. The highest BCUT2D eigenvalue weighted by Gasteiger charge is 2.32. The Morgan fingerprint density at radius 2 is 1.35 bits per heavy atom. The molecule has 0 heterocycles. The quantitative estimate of drug-likeness (QED) is 0.797. The predicted molar refractivity (Wildman–Crippen MR) is 65.6 cm³/mol. The van der Waals surface area contributed by atoms with Gasteiger partial charge in [-0.3, -0.25) is 4.79 Å². The van der Waals surface area contributed by atoms with E-state index in [0.29, 0.717) is 12.5 Å². The van der Waals surface area contributed by atoms with Crippen molar-refractivity contribution in [3.05, 3.63) is 0 Å². The maximum Gasteiger partial charge on any atom is 0.306 e. The van der Waals surface area contributed by atoms with Crippen molar-refractivity contribution < 1.29 is 15.0 Å². The topological polar surface area (TPSA) is 57.5 Å². The van der Waals surface area contributed by atoms with E-state index in [0.717, 1.165) is 37.5 Å². The van der Waals surface area contributed by atoms with Gasteiger partial charge in [-0.1, -0.05) is 0 Å². The fourth-order valence-corrected chi connectivity index (χ4v) is 3.68. The van der Waals surface area contributed by atoms with E-state index in [9.17, 15) is 4.79 Å². The fraction of sp³-hybridized carbons (Fsp3) is 0.929. The largest absolute Gasteiger partial charge is 0.481 e. The van der Waals surface area contributed by atoms with Crippen molar-refractivity contribution >= 4 is 5.97 Å². The number of carboxylic acid groups (broad SMARTS) is 1. The Balaban J connectivity index is 1.76. The number of rotatable bonds is 3. The van der Waals surface area contributed by atoms with Crippen molar-refractivity contribution in [1.82, 2.24) is 0 Å². The molecule has 2 fully saturated rings. The molecule has 0 aromatic carbocycles. The van der Waals surface area contributed by atoms with Gasteiger partial charge in [0.25, 0.3) is 0 Å². The first-order valence-corrected chi connectivity index (χ1v) is 7.04. The van der Waals surface area contributed by atoms with Crippen LogP contribution in [0.25, 0.3) is 0 Å². The smallest absolute Gasteiger partial charge is 0.306 e. The molecule has 0 spiro atoms. The van der Waals surface area contributed by atoms with Crippen LogP contribution in [-0.2, 0) is 4.79 Å². The molecule has 0 radical (unpaired) electrons. The Labute approximate surface area is 103 Å². The standard InChI is InChI=1S/C14H24O3/c15-9-10-1-3-11(4-2-10)12-5-7-13(8-6-12)14(16)17/h10-13,15H,1-9H2,(H,16,17). The van der Waals surface area contributed by atoms with Gasteiger partial charge < -0.3 is 10.2 Å². The molecule has 2 saturated carbocycles. The lowest BCUT2D eigenvalue weighted by molar-refractivity contribution is -0.143. The zero-order chi connectivity index (χ0) is 12.3. The summed E-state index contributed by atoms with van der Waals surface area (Å²) >= 11 is 0. The van der Waals surface area contributed by atoms with Crippen LogP contribution in [0.15, 0.2) is 0 Å². The molecule has 0 aromatic heterocycles. The van der Waals surface area contributed by atoms with Gasteiger partial charge >= 0.3 is 5.97 Å². The first-order valence-electron chi connectivity index (χ1n) is 7.04. The number of carbonyl (C=O) groups is 1. The third-order valence-corrected chi connectivity index (χ3v) is 4.94. The molecule has 0 atom stereocenters. The van der Waals surface area contributed by atoms with Gasteiger partial charge in [-0.25, -0.2) is 0 Å². The molecular weight excluding hydrogens is 216 g/mol. The molecule has 2 aliphatic rings. The van der Waals surface area contributed by atoms with Gasteiger partial charge in [0.15, 0.2) is 0 Å². The molecular formula is C14H24O3. The summed E-state index contributed by atoms with van der Waals surface area (Å²) in [6.45, 7) is 0.346. The van der Waals surface area contributed by atoms with E-state index in [1.165, 1.54) is 25.7 Å². The van der Waals surface area contributed by atoms with Gasteiger partial charge in [0.1, 0.15) is 0 Å². The van der Waals surface area contributed by atoms with Crippen molar-refractivity contribution in [3.8, 4) is 0 Å². The summed E-state index contributed by atoms with van der Waals surface area (Å²) in [4.78, 5) is 10.9. The minimum Gasteiger partial charge on any atom is -0.481 e. The Kier molecular flexibility index (Phi) is 4.43. The van der Waals surface area contributed by atoms with Crippen LogP contribution in [0.4, 0.5) is 0 Å². The maximum absolute atomic E-state index is 10.9. The van der Waals surface area contributed by atoms with Gasteiger partial charge in [0.2, 0.25) is 0 Å². The lowest BCUT2D eigenvalue weighted by Gasteiger charge is -2.36. The Morgan fingerprint density at radius 3 is 1.76 bits per heavy atom. The van der Waals surface area contributed by atoms with E-state index in [1.54, 1.807) is 0 Å². The minimum absolute atomic E-state index is 0.0833. The first kappa shape index (κ1) is 12.9. The van der Waals surface area contributed by atoms with E-state index in [1.807, 2.05) is 0 Å². The number of aliphatic carboxylic acids is 1. The van der Waals surface area contributed by atoms with Crippen LogP contribution in [0.1, 0.15) is 51.4 Å². The van der Waals surface area contributed by atoms with Gasteiger partial charge in [-0.2, -0.15) is 0 Å². The normalized spacial score (nSPS) is 38.9. The molecule has 2 N–H and O–H groups in total. The molecule has 17 heavy (non-hydrogen) atoms. The Morgan fingerprint density at radius 1 is 0.882 bits per heavy atom. The lowest BCUT2D eigenvalue weighted by Crippen LogP contribution is -2.28. The van der Waals surface area contributed by atoms with Gasteiger partial charge in [0.05, 0.1) is 5.92 Å². The van der Waals surface area contributed by atoms with Gasteiger partial charge in [-0.15, -0.1) is 0 Å². The third-order valence-electron chi connectivity index (χ3n) is 4.94. The second-order valence-corrected chi connectivity index (χ2v) is 5.91. The Bertz CT molecular complexity index is 248. The molecule has 3 heteroatoms. The van der Waals surface area contributed by atoms with Crippen molar-refractivity contribution in [2.45, 2.75) is 51.4 Å². The first-order chi connectivity index (χ1) is 8.20. The summed E-state index contributed by atoms with van der Waals surface area (Å²) in [6.07, 6.45) is 8.78. The second-order valence-electron chi connectivity index (χ2n) is 5.91. The van der Waals surface area contributed by atoms with Gasteiger partial charge in [0, 0.05) is 6.61 Å². The number of carboxylic acids is 1. The van der Waals surface area contributed by atoms with E-state index in [2.05, 4.69) is 0 Å². The van der Waals surface area contributed by atoms with Crippen LogP contribution in [0.2, 0.25) is 0 Å². The molecule has 0 unspecified atom stereocenters. The summed E-state index contributed by atoms with van der Waals surface area (Å²) in [7, 11) is 0. The maximum atomic E-state index is 10.9. The predicted octanol–water partition coefficient (Wildman–Crippen LogP) is 2.68. The van der Waals surface area contributed by atoms with E-state index in [-0.39, 0.29) is 5.92 Å². The zero-order valence-electron chi connectivity index (χ0n) is 10.5. The Hall–Kier alpha value is -0.570. The van der Waals surface area contributed by atoms with Crippen LogP contribution in [0, 0.1) is 23.7 Å². The number of hydrogen-bond acceptors (Lipinski definition) is 2. The molecule has 0 amide bonds. The van der Waals surface area contributed by atoms with Crippen LogP contribution in [0.5, 0.6) is 0 Å². The number of hydrogen-bond donors (Lipinski definition) is 2. The summed E-state index contributed by atoms with van der Waals surface area (Å²) in [5.74, 6) is 1.40. The number of aliphatic hydroxyl groups excluding tert-OH is 1. The average molecular weight is 240 g/mol. The minimum atomic E-state index is -0.604. The molecule has 2 aliphatic carbocycles. The molecule has 3 nitrogen and oxygen atoms in total. The number of aliphatic hydroxyl groups is 1. The SMILES string of the molecule is O=C(O)C1CCC(C2CCC(CO)CC2)CC1. The van der Waals surface area contributed by atoms with Gasteiger partial charge in [-0.05, 0) is 69.1 Å². The van der Waals surface area contributed by atoms with E-state index in [4.69, 9.17) is 10.2 Å². The molecule has 0 bridgehead atoms. The summed E-state index contributed by atoms with van der Waals surface area (Å²) in [5.41, 5.74) is 0. The van der Waals surface area contributed by atoms with Crippen LogP contribution in [0.3, 0.4) is 0 Å². The van der Waals surface area contributed by atoms with Crippen molar-refractivity contribution in [2.24, 2.45) is 23.7 Å². The fourth-order valence-electron chi connectivity index (χ4n) is 3.68. The van der Waals surface area contributed by atoms with Crippen molar-refractivity contribution in [1.29, 1.82) is 0 Å². The lowest BCUT2D eigenvalue weighted by atomic mass is 9.69. The highest BCUT2D eigenvalue weighted by molar-refractivity contribution is 5.69. The van der Waals surface area contributed by atoms with E-state index >= 15 is 0 Å². The molecule has 2 rings (SSSR count). The van der Waals surface area contributed by atoms with Crippen LogP contribution >= 0.6 is 0 Å². The van der Waals surface area contributed by atoms with Crippen LogP contribution < -0.4 is 0 Å². The van der Waals surface area contributed by atoms with Crippen molar-refractivity contribution in [2.75, 3.05) is 6.61 Å². The average Bonchev–Trinajstić information content (AvgIpc) is 2.39. The molecule has 0 saturated heterocycles. The molecule has 98 valence electrons. The summed E-state index contributed by atoms with van der Waals surface area (Å²) in [6, 6.07) is 0. The van der Waals surface area contributed by atoms with E-state index < -0.39 is 5.97 Å². The molecule has 0 aliphatic heterocycles. The monoisotopic (exact) mass is 240 g/mol. The highest BCUT2D eigenvalue weighted by Crippen LogP contribution is 2.41.